The average Bonchev–Trinajstić information content (AvgIpc) is 2.91. The van der Waals surface area contributed by atoms with Crippen LogP contribution >= 0.6 is 0 Å². The summed E-state index contributed by atoms with van der Waals surface area (Å²) in [6.07, 6.45) is -0.872. The second kappa shape index (κ2) is 8.29. The Morgan fingerprint density at radius 3 is 2.56 bits per heavy atom. The van der Waals surface area contributed by atoms with Crippen LogP contribution in [0.3, 0.4) is 0 Å². The number of aromatic nitrogens is 1. The zero-order valence-electron chi connectivity index (χ0n) is 15.2. The first-order chi connectivity index (χ1) is 12.9. The largest absolute Gasteiger partial charge is 0.477 e. The van der Waals surface area contributed by atoms with Gasteiger partial charge in [0.15, 0.2) is 11.6 Å². The number of hydrogen-bond donors (Lipinski definition) is 3. The fraction of sp³-hybridized carbons (Fsp3) is 0.450. The lowest BCUT2D eigenvalue weighted by atomic mass is 9.86. The van der Waals surface area contributed by atoms with Crippen molar-refractivity contribution in [2.24, 2.45) is 5.41 Å². The zero-order chi connectivity index (χ0) is 19.4. The van der Waals surface area contributed by atoms with E-state index in [0.29, 0.717) is 37.4 Å². The molecule has 27 heavy (non-hydrogen) atoms. The van der Waals surface area contributed by atoms with E-state index in [4.69, 9.17) is 4.74 Å². The minimum absolute atomic E-state index is 0.280. The summed E-state index contributed by atoms with van der Waals surface area (Å²) in [5, 5.41) is 23.2. The Bertz CT molecular complexity index is 778. The van der Waals surface area contributed by atoms with E-state index >= 15 is 0 Å². The van der Waals surface area contributed by atoms with Gasteiger partial charge < -0.3 is 20.3 Å². The van der Waals surface area contributed by atoms with E-state index in [-0.39, 0.29) is 6.61 Å². The van der Waals surface area contributed by atoms with Gasteiger partial charge in [-0.2, -0.15) is 0 Å². The molecule has 0 spiro atoms. The molecule has 3 rings (SSSR count). The third-order valence-corrected chi connectivity index (χ3v) is 4.93. The molecule has 7 heteroatoms. The van der Waals surface area contributed by atoms with E-state index in [1.54, 1.807) is 6.07 Å². The van der Waals surface area contributed by atoms with Crippen molar-refractivity contribution < 1.29 is 23.7 Å². The first-order valence-corrected chi connectivity index (χ1v) is 8.94. The highest BCUT2D eigenvalue weighted by atomic mass is 19.2. The lowest BCUT2D eigenvalue weighted by Crippen LogP contribution is -2.38. The van der Waals surface area contributed by atoms with Crippen LogP contribution in [0.25, 0.3) is 0 Å². The molecule has 1 aromatic heterocycles. The number of nitrogens with one attached hydrogen (secondary N) is 1. The molecule has 2 atom stereocenters. The molecular formula is C20H24F2N2O3. The van der Waals surface area contributed by atoms with E-state index in [1.807, 2.05) is 19.1 Å². The number of benzene rings is 1. The summed E-state index contributed by atoms with van der Waals surface area (Å²) in [6, 6.07) is 9.25. The van der Waals surface area contributed by atoms with Crippen LogP contribution in [0, 0.1) is 24.0 Å². The van der Waals surface area contributed by atoms with Crippen molar-refractivity contribution in [3.05, 3.63) is 59.3 Å². The molecule has 1 saturated carbocycles. The molecule has 1 fully saturated rings. The lowest BCUT2D eigenvalue weighted by molar-refractivity contribution is 0.0438. The van der Waals surface area contributed by atoms with E-state index in [2.05, 4.69) is 10.3 Å². The normalized spacial score (nSPS) is 24.9. The number of rotatable bonds is 7. The maximum atomic E-state index is 13.3. The first kappa shape index (κ1) is 19.7. The van der Waals surface area contributed by atoms with Crippen LogP contribution in [0.5, 0.6) is 5.88 Å². The Morgan fingerprint density at radius 2 is 1.89 bits per heavy atom. The van der Waals surface area contributed by atoms with E-state index < -0.39 is 29.3 Å². The van der Waals surface area contributed by atoms with Crippen LogP contribution in [0.1, 0.15) is 24.1 Å². The molecular weight excluding hydrogens is 354 g/mol. The van der Waals surface area contributed by atoms with Gasteiger partial charge in [-0.25, -0.2) is 13.8 Å². The lowest BCUT2D eigenvalue weighted by Gasteiger charge is -2.29. The summed E-state index contributed by atoms with van der Waals surface area (Å²) in [7, 11) is 0. The molecule has 1 aliphatic rings. The molecule has 1 heterocycles. The van der Waals surface area contributed by atoms with E-state index in [9.17, 15) is 19.0 Å². The highest BCUT2D eigenvalue weighted by Crippen LogP contribution is 2.38. The van der Waals surface area contributed by atoms with Crippen molar-refractivity contribution in [3.63, 3.8) is 0 Å². The average molecular weight is 378 g/mol. The van der Waals surface area contributed by atoms with Crippen molar-refractivity contribution in [3.8, 4) is 5.88 Å². The molecule has 0 amide bonds. The molecule has 0 bridgehead atoms. The van der Waals surface area contributed by atoms with Crippen LogP contribution in [0.4, 0.5) is 8.78 Å². The third kappa shape index (κ3) is 5.00. The summed E-state index contributed by atoms with van der Waals surface area (Å²) in [5.41, 5.74) is 0.969. The van der Waals surface area contributed by atoms with Crippen molar-refractivity contribution in [2.45, 2.75) is 38.5 Å². The van der Waals surface area contributed by atoms with Gasteiger partial charge in [-0.3, -0.25) is 0 Å². The first-order valence-electron chi connectivity index (χ1n) is 8.94. The molecule has 1 aromatic carbocycles. The Kier molecular flexibility index (Phi) is 6.04. The number of aliphatic hydroxyl groups is 2. The number of aryl methyl sites for hydroxylation is 1. The SMILES string of the molecule is Cc1cccc(OCC2(CNCc3ccc(F)c(F)c3)CC(O)C(O)C2)n1. The number of ether oxygens (including phenoxy) is 1. The van der Waals surface area contributed by atoms with Crippen LogP contribution in [-0.4, -0.2) is 40.6 Å². The summed E-state index contributed by atoms with van der Waals surface area (Å²) in [5.74, 6) is -1.27. The minimum atomic E-state index is -0.885. The van der Waals surface area contributed by atoms with Gasteiger partial charge in [0.1, 0.15) is 0 Å². The molecule has 3 N–H and O–H groups in total. The van der Waals surface area contributed by atoms with Crippen molar-refractivity contribution >= 4 is 0 Å². The van der Waals surface area contributed by atoms with Crippen LogP contribution < -0.4 is 10.1 Å². The Labute approximate surface area is 157 Å². The minimum Gasteiger partial charge on any atom is -0.477 e. The van der Waals surface area contributed by atoms with Gasteiger partial charge in [0.25, 0.3) is 0 Å². The monoisotopic (exact) mass is 378 g/mol. The molecule has 5 nitrogen and oxygen atoms in total. The topological polar surface area (TPSA) is 74.6 Å². The molecule has 2 aromatic rings. The maximum absolute atomic E-state index is 13.3. The standard InChI is InChI=1S/C20H24F2N2O3/c1-13-3-2-4-19(24-13)27-12-20(8-17(25)18(26)9-20)11-23-10-14-5-6-15(21)16(22)7-14/h2-7,17-18,23,25-26H,8-12H2,1H3. The molecule has 0 radical (unpaired) electrons. The quantitative estimate of drug-likeness (QED) is 0.690. The van der Waals surface area contributed by atoms with Crippen molar-refractivity contribution in [2.75, 3.05) is 13.2 Å². The fourth-order valence-corrected chi connectivity index (χ4v) is 3.50. The Balaban J connectivity index is 1.63. The molecule has 0 saturated heterocycles. The molecule has 2 unspecified atom stereocenters. The van der Waals surface area contributed by atoms with Gasteiger partial charge >= 0.3 is 0 Å². The van der Waals surface area contributed by atoms with Crippen LogP contribution in [-0.2, 0) is 6.54 Å². The van der Waals surface area contributed by atoms with Gasteiger partial charge in [0, 0.05) is 30.3 Å². The molecule has 1 aliphatic carbocycles. The zero-order valence-corrected chi connectivity index (χ0v) is 15.2. The van der Waals surface area contributed by atoms with Gasteiger partial charge in [-0.15, -0.1) is 0 Å². The summed E-state index contributed by atoms with van der Waals surface area (Å²) in [4.78, 5) is 4.30. The number of aliphatic hydroxyl groups excluding tert-OH is 2. The van der Waals surface area contributed by atoms with E-state index in [0.717, 1.165) is 17.8 Å². The maximum Gasteiger partial charge on any atom is 0.213 e. The third-order valence-electron chi connectivity index (χ3n) is 4.93. The number of pyridine rings is 1. The van der Waals surface area contributed by atoms with Crippen LogP contribution in [0.2, 0.25) is 0 Å². The smallest absolute Gasteiger partial charge is 0.213 e. The van der Waals surface area contributed by atoms with Gasteiger partial charge in [-0.1, -0.05) is 12.1 Å². The van der Waals surface area contributed by atoms with Gasteiger partial charge in [0.2, 0.25) is 5.88 Å². The number of halogens is 2. The van der Waals surface area contributed by atoms with Crippen molar-refractivity contribution in [1.29, 1.82) is 0 Å². The summed E-state index contributed by atoms with van der Waals surface area (Å²) < 4.78 is 32.2. The van der Waals surface area contributed by atoms with Gasteiger partial charge in [0.05, 0.1) is 18.8 Å². The highest BCUT2D eigenvalue weighted by molar-refractivity contribution is 5.18. The van der Waals surface area contributed by atoms with Gasteiger partial charge in [-0.05, 0) is 43.5 Å². The van der Waals surface area contributed by atoms with Crippen molar-refractivity contribution in [1.82, 2.24) is 10.3 Å². The number of hydrogen-bond acceptors (Lipinski definition) is 5. The van der Waals surface area contributed by atoms with Crippen LogP contribution in [0.15, 0.2) is 36.4 Å². The molecule has 0 aliphatic heterocycles. The predicted molar refractivity (Wildman–Crippen MR) is 96.2 cm³/mol. The predicted octanol–water partition coefficient (Wildman–Crippen LogP) is 2.34. The second-order valence-electron chi connectivity index (χ2n) is 7.30. The van der Waals surface area contributed by atoms with E-state index in [1.165, 1.54) is 6.07 Å². The Hall–Kier alpha value is -2.09. The second-order valence-corrected chi connectivity index (χ2v) is 7.30. The highest BCUT2D eigenvalue weighted by Gasteiger charge is 2.44. The number of nitrogens with zero attached hydrogens (tertiary/aromatic N) is 1. The Morgan fingerprint density at radius 1 is 1.15 bits per heavy atom. The summed E-state index contributed by atoms with van der Waals surface area (Å²) in [6.45, 7) is 2.94. The molecule has 146 valence electrons. The fourth-order valence-electron chi connectivity index (χ4n) is 3.50. The summed E-state index contributed by atoms with van der Waals surface area (Å²) >= 11 is 0.